The second kappa shape index (κ2) is 8.41. The Morgan fingerprint density at radius 1 is 1.30 bits per heavy atom. The number of aromatic nitrogens is 1. The first kappa shape index (κ1) is 19.2. The summed E-state index contributed by atoms with van der Waals surface area (Å²) in [6.07, 6.45) is 3.50. The van der Waals surface area contributed by atoms with Crippen molar-refractivity contribution in [1.29, 1.82) is 0 Å². The number of fused-ring (bicyclic) bond motifs is 1. The van der Waals surface area contributed by atoms with Crippen LogP contribution in [-0.2, 0) is 20.9 Å². The molecule has 1 amide bonds. The molecule has 27 heavy (non-hydrogen) atoms. The molecule has 1 saturated carbocycles. The molecule has 0 saturated heterocycles. The average Bonchev–Trinajstić information content (AvgIpc) is 2.97. The van der Waals surface area contributed by atoms with Gasteiger partial charge in [-0.3, -0.25) is 14.2 Å². The van der Waals surface area contributed by atoms with Gasteiger partial charge in [0.2, 0.25) is 0 Å². The summed E-state index contributed by atoms with van der Waals surface area (Å²) < 4.78 is 11.8. The third kappa shape index (κ3) is 4.59. The summed E-state index contributed by atoms with van der Waals surface area (Å²) in [5.74, 6) is -0.868. The summed E-state index contributed by atoms with van der Waals surface area (Å²) in [5.41, 5.74) is 1.11. The van der Waals surface area contributed by atoms with Crippen molar-refractivity contribution in [3.63, 3.8) is 0 Å². The van der Waals surface area contributed by atoms with Crippen molar-refractivity contribution in [1.82, 2.24) is 9.88 Å². The summed E-state index contributed by atoms with van der Waals surface area (Å²) in [6, 6.07) is 7.17. The minimum absolute atomic E-state index is 0.0130. The van der Waals surface area contributed by atoms with Gasteiger partial charge in [-0.2, -0.15) is 0 Å². The van der Waals surface area contributed by atoms with Gasteiger partial charge in [0.05, 0.1) is 11.9 Å². The molecular formula is C20H26N2O5. The topological polar surface area (TPSA) is 90.5 Å². The molecule has 3 atom stereocenters. The number of carbonyl (C=O) groups is 2. The maximum absolute atomic E-state index is 12.3. The number of hydrogen-bond acceptors (Lipinski definition) is 5. The lowest BCUT2D eigenvalue weighted by Crippen LogP contribution is -2.46. The van der Waals surface area contributed by atoms with Gasteiger partial charge in [-0.15, -0.1) is 0 Å². The van der Waals surface area contributed by atoms with Crippen molar-refractivity contribution < 1.29 is 18.7 Å². The van der Waals surface area contributed by atoms with Crippen LogP contribution in [0.15, 0.2) is 33.5 Å². The molecule has 1 heterocycles. The molecular weight excluding hydrogens is 348 g/mol. The number of benzene rings is 1. The van der Waals surface area contributed by atoms with Crippen molar-refractivity contribution in [2.75, 3.05) is 0 Å². The smallest absolute Gasteiger partial charge is 0.419 e. The van der Waals surface area contributed by atoms with E-state index in [-0.39, 0.29) is 24.9 Å². The number of oxazole rings is 1. The average molecular weight is 374 g/mol. The van der Waals surface area contributed by atoms with E-state index in [4.69, 9.17) is 9.15 Å². The molecule has 2 aromatic rings. The zero-order valence-corrected chi connectivity index (χ0v) is 15.8. The minimum atomic E-state index is -0.857. The molecule has 3 unspecified atom stereocenters. The van der Waals surface area contributed by atoms with Crippen LogP contribution in [0.2, 0.25) is 0 Å². The Morgan fingerprint density at radius 2 is 2.04 bits per heavy atom. The van der Waals surface area contributed by atoms with Gasteiger partial charge < -0.3 is 14.5 Å². The normalized spacial score (nSPS) is 21.0. The van der Waals surface area contributed by atoms with Gasteiger partial charge in [-0.1, -0.05) is 31.9 Å². The molecule has 0 radical (unpaired) electrons. The number of rotatable bonds is 6. The number of nitrogens with one attached hydrogen (secondary N) is 1. The lowest BCUT2D eigenvalue weighted by atomic mass is 9.86. The van der Waals surface area contributed by atoms with E-state index in [1.807, 2.05) is 0 Å². The summed E-state index contributed by atoms with van der Waals surface area (Å²) in [5, 5.41) is 2.99. The van der Waals surface area contributed by atoms with E-state index in [9.17, 15) is 14.4 Å². The molecule has 1 aromatic carbocycles. The standard InChI is InChI=1S/C20H26N2O5/c1-13-7-3-4-8-15(13)21-19(24)14(2)26-18(23)11-12-22-16-9-5-6-10-17(16)27-20(22)25/h5-6,9-10,13-15H,3-4,7-8,11-12H2,1-2H3,(H,21,24). The number of esters is 1. The Bertz CT molecular complexity index is 869. The molecule has 146 valence electrons. The van der Waals surface area contributed by atoms with Crippen LogP contribution in [0, 0.1) is 5.92 Å². The number of hydrogen-bond donors (Lipinski definition) is 1. The predicted molar refractivity (Wildman–Crippen MR) is 100 cm³/mol. The van der Waals surface area contributed by atoms with E-state index in [0.29, 0.717) is 17.0 Å². The predicted octanol–water partition coefficient (Wildman–Crippen LogP) is 2.61. The summed E-state index contributed by atoms with van der Waals surface area (Å²) in [6.45, 7) is 3.84. The molecule has 0 bridgehead atoms. The summed E-state index contributed by atoms with van der Waals surface area (Å²) in [7, 11) is 0. The van der Waals surface area contributed by atoms with Crippen molar-refractivity contribution in [3.8, 4) is 0 Å². The molecule has 1 N–H and O–H groups in total. The van der Waals surface area contributed by atoms with Crippen LogP contribution in [0.3, 0.4) is 0 Å². The second-order valence-corrected chi connectivity index (χ2v) is 7.25. The SMILES string of the molecule is CC(OC(=O)CCn1c(=O)oc2ccccc21)C(=O)NC1CCCCC1C. The number of para-hydroxylation sites is 2. The van der Waals surface area contributed by atoms with Crippen molar-refractivity contribution in [2.24, 2.45) is 5.92 Å². The highest BCUT2D eigenvalue weighted by Gasteiger charge is 2.26. The van der Waals surface area contributed by atoms with Crippen LogP contribution in [0.25, 0.3) is 11.1 Å². The van der Waals surface area contributed by atoms with Gasteiger partial charge in [0.25, 0.3) is 5.91 Å². The Balaban J connectivity index is 1.51. The van der Waals surface area contributed by atoms with E-state index in [1.165, 1.54) is 11.0 Å². The summed E-state index contributed by atoms with van der Waals surface area (Å²) >= 11 is 0. The molecule has 1 fully saturated rings. The van der Waals surface area contributed by atoms with E-state index in [1.54, 1.807) is 31.2 Å². The maximum Gasteiger partial charge on any atom is 0.419 e. The van der Waals surface area contributed by atoms with Crippen LogP contribution in [0.4, 0.5) is 0 Å². The highest BCUT2D eigenvalue weighted by atomic mass is 16.5. The van der Waals surface area contributed by atoms with Crippen molar-refractivity contribution in [2.45, 2.75) is 64.6 Å². The van der Waals surface area contributed by atoms with Gasteiger partial charge in [0.1, 0.15) is 0 Å². The van der Waals surface area contributed by atoms with E-state index < -0.39 is 17.8 Å². The van der Waals surface area contributed by atoms with E-state index in [0.717, 1.165) is 19.3 Å². The number of amides is 1. The third-order valence-corrected chi connectivity index (χ3v) is 5.23. The van der Waals surface area contributed by atoms with E-state index >= 15 is 0 Å². The molecule has 0 spiro atoms. The highest BCUT2D eigenvalue weighted by molar-refractivity contribution is 5.83. The zero-order chi connectivity index (χ0) is 19.4. The lowest BCUT2D eigenvalue weighted by Gasteiger charge is -2.30. The van der Waals surface area contributed by atoms with Crippen LogP contribution in [0.1, 0.15) is 46.0 Å². The minimum Gasteiger partial charge on any atom is -0.452 e. The molecule has 1 aliphatic rings. The fraction of sp³-hybridized carbons (Fsp3) is 0.550. The van der Waals surface area contributed by atoms with Crippen LogP contribution >= 0.6 is 0 Å². The highest BCUT2D eigenvalue weighted by Crippen LogP contribution is 2.23. The van der Waals surface area contributed by atoms with Crippen LogP contribution in [0.5, 0.6) is 0 Å². The van der Waals surface area contributed by atoms with Gasteiger partial charge in [0, 0.05) is 12.6 Å². The van der Waals surface area contributed by atoms with E-state index in [2.05, 4.69) is 12.2 Å². The lowest BCUT2D eigenvalue weighted by molar-refractivity contribution is -0.155. The van der Waals surface area contributed by atoms with Crippen molar-refractivity contribution in [3.05, 3.63) is 34.8 Å². The Labute approximate surface area is 157 Å². The Morgan fingerprint density at radius 3 is 2.81 bits per heavy atom. The largest absolute Gasteiger partial charge is 0.452 e. The molecule has 1 aliphatic carbocycles. The number of aryl methyl sites for hydroxylation is 1. The number of ether oxygens (including phenoxy) is 1. The number of carbonyl (C=O) groups excluding carboxylic acids is 2. The molecule has 0 aliphatic heterocycles. The molecule has 7 heteroatoms. The van der Waals surface area contributed by atoms with Gasteiger partial charge in [0.15, 0.2) is 11.7 Å². The van der Waals surface area contributed by atoms with Crippen LogP contribution in [-0.4, -0.2) is 28.6 Å². The summed E-state index contributed by atoms with van der Waals surface area (Å²) in [4.78, 5) is 36.3. The Kier molecular flexibility index (Phi) is 5.98. The van der Waals surface area contributed by atoms with Crippen LogP contribution < -0.4 is 11.1 Å². The third-order valence-electron chi connectivity index (χ3n) is 5.23. The first-order valence-electron chi connectivity index (χ1n) is 9.54. The molecule has 3 rings (SSSR count). The maximum atomic E-state index is 12.3. The Hall–Kier alpha value is -2.57. The van der Waals surface area contributed by atoms with Gasteiger partial charge in [-0.25, -0.2) is 4.79 Å². The molecule has 7 nitrogen and oxygen atoms in total. The number of nitrogens with zero attached hydrogens (tertiary/aromatic N) is 1. The monoisotopic (exact) mass is 374 g/mol. The fourth-order valence-corrected chi connectivity index (χ4v) is 3.57. The van der Waals surface area contributed by atoms with Gasteiger partial charge in [-0.05, 0) is 37.8 Å². The molecule has 1 aromatic heterocycles. The fourth-order valence-electron chi connectivity index (χ4n) is 3.57. The first-order valence-corrected chi connectivity index (χ1v) is 9.54. The van der Waals surface area contributed by atoms with Gasteiger partial charge >= 0.3 is 11.7 Å². The first-order chi connectivity index (χ1) is 13.0. The van der Waals surface area contributed by atoms with Crippen molar-refractivity contribution >= 4 is 23.0 Å². The quantitative estimate of drug-likeness (QED) is 0.785. The second-order valence-electron chi connectivity index (χ2n) is 7.25. The zero-order valence-electron chi connectivity index (χ0n) is 15.8.